The Morgan fingerprint density at radius 2 is 1.94 bits per heavy atom. The van der Waals surface area contributed by atoms with Crippen LogP contribution in [0.3, 0.4) is 0 Å². The topological polar surface area (TPSA) is 115 Å². The summed E-state index contributed by atoms with van der Waals surface area (Å²) in [5.41, 5.74) is -0.403. The highest BCUT2D eigenvalue weighted by Crippen LogP contribution is 2.38. The quantitative estimate of drug-likeness (QED) is 0.546. The minimum Gasteiger partial charge on any atom is -0.305 e. The first-order valence-electron chi connectivity index (χ1n) is 9.73. The number of hydrogen-bond donors (Lipinski definition) is 2. The molecule has 13 heteroatoms. The van der Waals surface area contributed by atoms with Crippen molar-refractivity contribution in [2.24, 2.45) is 9.50 Å². The molecular weight excluding hydrogens is 464 g/mol. The summed E-state index contributed by atoms with van der Waals surface area (Å²) in [5.74, 6) is -1.05. The molecule has 0 spiro atoms. The third kappa shape index (κ3) is 4.46. The first-order chi connectivity index (χ1) is 15.5. The maximum absolute atomic E-state index is 14.4. The van der Waals surface area contributed by atoms with Crippen molar-refractivity contribution in [3.05, 3.63) is 64.9 Å². The lowest BCUT2D eigenvalue weighted by atomic mass is 10.1. The molecule has 3 aromatic rings. The summed E-state index contributed by atoms with van der Waals surface area (Å²) in [7, 11) is -4.14. The van der Waals surface area contributed by atoms with Crippen molar-refractivity contribution in [1.29, 1.82) is 0 Å². The monoisotopic (exact) mass is 482 g/mol. The molecule has 0 radical (unpaired) electrons. The molecular formula is C20H18F4N6O2S. The summed E-state index contributed by atoms with van der Waals surface area (Å²) in [5, 5.41) is 11.0. The van der Waals surface area contributed by atoms with Crippen LogP contribution in [0.4, 0.5) is 28.0 Å². The van der Waals surface area contributed by atoms with E-state index >= 15 is 0 Å². The number of hydrogen-bond acceptors (Lipinski definition) is 4. The number of fused-ring (bicyclic) bond motifs is 1. The van der Waals surface area contributed by atoms with Crippen molar-refractivity contribution in [2.75, 3.05) is 5.32 Å². The fourth-order valence-electron chi connectivity index (χ4n) is 3.67. The standard InChI is InChI=1S/C20H18F4N6O2S/c1-11-16(13-8-5-9-15(13)26-17(11)20(22,23)24)27-19(31)29-33(25,32)18-14(21)10-30(28-18)12-6-3-2-4-7-12/h2-4,6-7,10H,5,8-9H2,1H3,(H3,25,26,27,29,31,32)/t33-/m0/s1. The molecule has 33 heavy (non-hydrogen) atoms. The van der Waals surface area contributed by atoms with Crippen molar-refractivity contribution in [3.8, 4) is 5.69 Å². The number of carbonyl (C=O) groups is 1. The lowest BCUT2D eigenvalue weighted by Crippen LogP contribution is -2.21. The van der Waals surface area contributed by atoms with Gasteiger partial charge in [-0.25, -0.2) is 28.2 Å². The molecule has 1 atom stereocenters. The summed E-state index contributed by atoms with van der Waals surface area (Å²) >= 11 is 0. The summed E-state index contributed by atoms with van der Waals surface area (Å²) in [6, 6.07) is 7.03. The number of nitrogens with two attached hydrogens (primary N) is 1. The molecule has 1 aliphatic rings. The molecule has 1 aromatic carbocycles. The van der Waals surface area contributed by atoms with Crippen LogP contribution in [0.25, 0.3) is 5.69 Å². The number of alkyl halides is 3. The molecule has 2 heterocycles. The number of nitrogens with zero attached hydrogens (tertiary/aromatic N) is 4. The second-order valence-corrected chi connectivity index (χ2v) is 9.10. The maximum Gasteiger partial charge on any atom is 0.433 e. The molecule has 0 saturated carbocycles. The van der Waals surface area contributed by atoms with E-state index in [0.717, 1.165) is 10.9 Å². The Labute approximate surface area is 186 Å². The van der Waals surface area contributed by atoms with Crippen LogP contribution >= 0.6 is 0 Å². The fraction of sp³-hybridized carbons (Fsp3) is 0.250. The Morgan fingerprint density at radius 3 is 2.61 bits per heavy atom. The molecule has 3 N–H and O–H groups in total. The number of nitrogens with one attached hydrogen (secondary N) is 1. The van der Waals surface area contributed by atoms with Gasteiger partial charge < -0.3 is 5.32 Å². The number of amides is 2. The summed E-state index contributed by atoms with van der Waals surface area (Å²) < 4.78 is 71.9. The molecule has 4 rings (SSSR count). The van der Waals surface area contributed by atoms with Gasteiger partial charge in [0.25, 0.3) is 0 Å². The highest BCUT2D eigenvalue weighted by molar-refractivity contribution is 7.91. The number of urea groups is 1. The van der Waals surface area contributed by atoms with E-state index in [1.807, 2.05) is 0 Å². The first kappa shape index (κ1) is 22.9. The highest BCUT2D eigenvalue weighted by atomic mass is 32.2. The van der Waals surface area contributed by atoms with E-state index < -0.39 is 38.7 Å². The van der Waals surface area contributed by atoms with Gasteiger partial charge >= 0.3 is 12.2 Å². The summed E-state index contributed by atoms with van der Waals surface area (Å²) in [6.07, 6.45) is -2.49. The summed E-state index contributed by atoms with van der Waals surface area (Å²) in [6.45, 7) is 1.17. The third-order valence-corrected chi connectivity index (χ3v) is 6.39. The van der Waals surface area contributed by atoms with Crippen LogP contribution in [0.1, 0.15) is 28.9 Å². The van der Waals surface area contributed by atoms with Crippen LogP contribution in [-0.4, -0.2) is 25.0 Å². The number of carbonyl (C=O) groups excluding carboxylic acids is 1. The van der Waals surface area contributed by atoms with Gasteiger partial charge in [-0.1, -0.05) is 18.2 Å². The molecule has 0 bridgehead atoms. The van der Waals surface area contributed by atoms with Crippen molar-refractivity contribution < 1.29 is 26.6 Å². The van der Waals surface area contributed by atoms with Gasteiger partial charge in [-0.05, 0) is 43.9 Å². The first-order valence-corrected chi connectivity index (χ1v) is 11.3. The van der Waals surface area contributed by atoms with Crippen LogP contribution in [0.2, 0.25) is 0 Å². The predicted octanol–water partition coefficient (Wildman–Crippen LogP) is 4.16. The van der Waals surface area contributed by atoms with Gasteiger partial charge in [0.15, 0.2) is 15.7 Å². The highest BCUT2D eigenvalue weighted by Gasteiger charge is 2.38. The minimum atomic E-state index is -4.73. The van der Waals surface area contributed by atoms with E-state index in [1.165, 1.54) is 6.92 Å². The van der Waals surface area contributed by atoms with Crippen LogP contribution < -0.4 is 10.5 Å². The van der Waals surface area contributed by atoms with Crippen molar-refractivity contribution in [2.45, 2.75) is 37.4 Å². The predicted molar refractivity (Wildman–Crippen MR) is 112 cm³/mol. The normalized spacial score (nSPS) is 15.1. The van der Waals surface area contributed by atoms with Crippen LogP contribution in [0.15, 0.2) is 45.9 Å². The SMILES string of the molecule is Cc1c(C(F)(F)F)nc2c(c1NC(=O)N=[S@](N)(=O)c1nn(-c3ccccc3)cc1F)CCC2. The van der Waals surface area contributed by atoms with Gasteiger partial charge in [0.05, 0.1) is 17.6 Å². The second kappa shape index (κ2) is 8.23. The zero-order valence-electron chi connectivity index (χ0n) is 17.2. The Hall–Kier alpha value is -3.32. The number of pyridine rings is 1. The van der Waals surface area contributed by atoms with E-state index in [2.05, 4.69) is 19.8 Å². The summed E-state index contributed by atoms with van der Waals surface area (Å²) in [4.78, 5) is 16.2. The van der Waals surface area contributed by atoms with Gasteiger partial charge in [0.2, 0.25) is 5.03 Å². The van der Waals surface area contributed by atoms with Gasteiger partial charge in [-0.15, -0.1) is 4.36 Å². The van der Waals surface area contributed by atoms with Gasteiger partial charge in [0.1, 0.15) is 5.69 Å². The van der Waals surface area contributed by atoms with Crippen molar-refractivity contribution in [3.63, 3.8) is 0 Å². The van der Waals surface area contributed by atoms with Crippen molar-refractivity contribution >= 4 is 21.6 Å². The van der Waals surface area contributed by atoms with Gasteiger partial charge in [-0.2, -0.15) is 18.3 Å². The number of para-hydroxylation sites is 1. The molecule has 0 unspecified atom stereocenters. The zero-order valence-corrected chi connectivity index (χ0v) is 18.0. The average Bonchev–Trinajstić information content (AvgIpc) is 3.36. The van der Waals surface area contributed by atoms with Gasteiger partial charge in [-0.3, -0.25) is 0 Å². The Morgan fingerprint density at radius 1 is 1.24 bits per heavy atom. The number of halogens is 4. The lowest BCUT2D eigenvalue weighted by Gasteiger charge is -2.17. The van der Waals surface area contributed by atoms with E-state index in [9.17, 15) is 26.6 Å². The van der Waals surface area contributed by atoms with E-state index in [-0.39, 0.29) is 16.9 Å². The molecule has 0 aliphatic heterocycles. The van der Waals surface area contributed by atoms with Crippen LogP contribution in [-0.2, 0) is 28.9 Å². The zero-order chi connectivity index (χ0) is 24.0. The second-order valence-electron chi connectivity index (χ2n) is 7.39. The number of aromatic nitrogens is 3. The molecule has 174 valence electrons. The number of rotatable bonds is 3. The van der Waals surface area contributed by atoms with Gasteiger partial charge in [0, 0.05) is 11.3 Å². The molecule has 0 saturated heterocycles. The Bertz CT molecular complexity index is 1360. The number of anilines is 1. The minimum absolute atomic E-state index is 0.107. The van der Waals surface area contributed by atoms with Crippen molar-refractivity contribution in [1.82, 2.24) is 14.8 Å². The van der Waals surface area contributed by atoms with E-state index in [4.69, 9.17) is 5.14 Å². The Balaban J connectivity index is 1.69. The number of aryl methyl sites for hydroxylation is 1. The lowest BCUT2D eigenvalue weighted by molar-refractivity contribution is -0.141. The Kier molecular flexibility index (Phi) is 5.70. The number of benzene rings is 1. The third-order valence-electron chi connectivity index (χ3n) is 5.12. The van der Waals surface area contributed by atoms with Crippen LogP contribution in [0.5, 0.6) is 0 Å². The molecule has 8 nitrogen and oxygen atoms in total. The molecule has 2 aromatic heterocycles. The average molecular weight is 482 g/mol. The fourth-order valence-corrected chi connectivity index (χ4v) is 4.59. The molecule has 1 aliphatic carbocycles. The largest absolute Gasteiger partial charge is 0.433 e. The molecule has 2 amide bonds. The van der Waals surface area contributed by atoms with E-state index in [1.54, 1.807) is 30.3 Å². The van der Waals surface area contributed by atoms with Crippen LogP contribution in [0, 0.1) is 12.7 Å². The smallest absolute Gasteiger partial charge is 0.305 e. The molecule has 0 fully saturated rings. The maximum atomic E-state index is 14.4. The van der Waals surface area contributed by atoms with E-state index in [0.29, 0.717) is 30.5 Å².